The first-order chi connectivity index (χ1) is 11.7. The highest BCUT2D eigenvalue weighted by Gasteiger charge is 2.28. The van der Waals surface area contributed by atoms with Crippen LogP contribution in [0.5, 0.6) is 0 Å². The van der Waals surface area contributed by atoms with Crippen molar-refractivity contribution in [3.8, 4) is 0 Å². The van der Waals surface area contributed by atoms with Crippen LogP contribution < -0.4 is 21.3 Å². The third-order valence-electron chi connectivity index (χ3n) is 4.90. The first-order valence-electron chi connectivity index (χ1n) is 8.67. The molecule has 2 aromatic rings. The van der Waals surface area contributed by atoms with Crippen molar-refractivity contribution in [2.24, 2.45) is 5.92 Å². The van der Waals surface area contributed by atoms with Crippen LogP contribution >= 0.6 is 0 Å². The summed E-state index contributed by atoms with van der Waals surface area (Å²) >= 11 is 0. The van der Waals surface area contributed by atoms with E-state index in [1.165, 1.54) is 18.5 Å². The molecule has 1 saturated heterocycles. The van der Waals surface area contributed by atoms with Crippen molar-refractivity contribution in [2.75, 3.05) is 47.4 Å². The number of nitrogens with two attached hydrogens (primary N) is 2. The Morgan fingerprint density at radius 3 is 2.25 bits per heavy atom. The molecular formula is C18H24N6. The van der Waals surface area contributed by atoms with Crippen LogP contribution in [-0.4, -0.2) is 36.1 Å². The summed E-state index contributed by atoms with van der Waals surface area (Å²) in [4.78, 5) is 13.4. The van der Waals surface area contributed by atoms with Crippen molar-refractivity contribution in [3.63, 3.8) is 0 Å². The normalized spacial score (nSPS) is 18.0. The Balaban J connectivity index is 1.52. The summed E-state index contributed by atoms with van der Waals surface area (Å²) in [6, 6.07) is 10.5. The Morgan fingerprint density at radius 1 is 0.917 bits per heavy atom. The largest absolute Gasteiger partial charge is 0.382 e. The average molecular weight is 324 g/mol. The second-order valence-corrected chi connectivity index (χ2v) is 6.72. The Bertz CT molecular complexity index is 705. The first-order valence-corrected chi connectivity index (χ1v) is 8.67. The van der Waals surface area contributed by atoms with Gasteiger partial charge in [-0.3, -0.25) is 0 Å². The summed E-state index contributed by atoms with van der Waals surface area (Å²) in [5.41, 5.74) is 15.3. The van der Waals surface area contributed by atoms with E-state index in [9.17, 15) is 0 Å². The van der Waals surface area contributed by atoms with Gasteiger partial charge in [-0.2, -0.15) is 4.98 Å². The number of para-hydroxylation sites is 1. The number of benzene rings is 1. The van der Waals surface area contributed by atoms with Gasteiger partial charge in [-0.1, -0.05) is 18.2 Å². The van der Waals surface area contributed by atoms with Gasteiger partial charge < -0.3 is 21.3 Å². The van der Waals surface area contributed by atoms with Crippen LogP contribution in [0.1, 0.15) is 18.5 Å². The van der Waals surface area contributed by atoms with Crippen molar-refractivity contribution in [3.05, 3.63) is 36.0 Å². The molecule has 2 fully saturated rings. The van der Waals surface area contributed by atoms with E-state index in [1.807, 2.05) is 0 Å². The lowest BCUT2D eigenvalue weighted by Crippen LogP contribution is -2.47. The molecule has 4 rings (SSSR count). The fourth-order valence-electron chi connectivity index (χ4n) is 3.45. The average Bonchev–Trinajstić information content (AvgIpc) is 3.40. The lowest BCUT2D eigenvalue weighted by Gasteiger charge is -2.38. The minimum absolute atomic E-state index is 0.287. The number of nitrogens with zero attached hydrogens (tertiary/aromatic N) is 4. The van der Waals surface area contributed by atoms with Crippen molar-refractivity contribution in [1.82, 2.24) is 9.97 Å². The number of rotatable bonds is 4. The molecule has 2 heterocycles. The second-order valence-electron chi connectivity index (χ2n) is 6.72. The SMILES string of the molecule is Nc1nc(N)c(N2CCN(c3ccccc3)CC2)c(CC2CC2)n1. The molecule has 6 nitrogen and oxygen atoms in total. The zero-order chi connectivity index (χ0) is 16.5. The molecule has 24 heavy (non-hydrogen) atoms. The van der Waals surface area contributed by atoms with E-state index in [0.29, 0.717) is 5.82 Å². The van der Waals surface area contributed by atoms with Crippen LogP contribution in [0.15, 0.2) is 30.3 Å². The van der Waals surface area contributed by atoms with Gasteiger partial charge in [0, 0.05) is 31.9 Å². The van der Waals surface area contributed by atoms with Gasteiger partial charge in [0.2, 0.25) is 5.95 Å². The summed E-state index contributed by atoms with van der Waals surface area (Å²) in [6.07, 6.45) is 3.53. The van der Waals surface area contributed by atoms with E-state index in [4.69, 9.17) is 11.5 Å². The molecule has 0 radical (unpaired) electrons. The smallest absolute Gasteiger partial charge is 0.222 e. The van der Waals surface area contributed by atoms with Crippen molar-refractivity contribution in [2.45, 2.75) is 19.3 Å². The molecule has 0 unspecified atom stereocenters. The van der Waals surface area contributed by atoms with Gasteiger partial charge in [-0.15, -0.1) is 0 Å². The monoisotopic (exact) mass is 324 g/mol. The molecule has 0 atom stereocenters. The molecule has 0 spiro atoms. The minimum atomic E-state index is 0.287. The maximum Gasteiger partial charge on any atom is 0.222 e. The molecule has 1 aromatic heterocycles. The predicted octanol–water partition coefficient (Wildman–Crippen LogP) is 1.92. The van der Waals surface area contributed by atoms with Crippen molar-refractivity contribution < 1.29 is 0 Å². The van der Waals surface area contributed by atoms with Gasteiger partial charge in [-0.05, 0) is 37.3 Å². The molecule has 4 N–H and O–H groups in total. The van der Waals surface area contributed by atoms with Gasteiger partial charge in [0.25, 0.3) is 0 Å². The summed E-state index contributed by atoms with van der Waals surface area (Å²) < 4.78 is 0. The second kappa shape index (κ2) is 6.19. The molecule has 1 aliphatic carbocycles. The molecule has 126 valence electrons. The maximum atomic E-state index is 6.21. The highest BCUT2D eigenvalue weighted by molar-refractivity contribution is 5.68. The van der Waals surface area contributed by atoms with Crippen LogP contribution in [0.25, 0.3) is 0 Å². The van der Waals surface area contributed by atoms with Crippen LogP contribution in [0, 0.1) is 5.92 Å². The van der Waals surface area contributed by atoms with Gasteiger partial charge in [-0.25, -0.2) is 4.98 Å². The summed E-state index contributed by atoms with van der Waals surface area (Å²) in [5.74, 6) is 1.55. The van der Waals surface area contributed by atoms with Crippen LogP contribution in [-0.2, 0) is 6.42 Å². The highest BCUT2D eigenvalue weighted by Crippen LogP contribution is 2.37. The van der Waals surface area contributed by atoms with Crippen LogP contribution in [0.3, 0.4) is 0 Å². The molecule has 1 aliphatic heterocycles. The van der Waals surface area contributed by atoms with Gasteiger partial charge in [0.1, 0.15) is 5.69 Å². The Morgan fingerprint density at radius 2 is 1.58 bits per heavy atom. The number of anilines is 4. The number of piperazine rings is 1. The van der Waals surface area contributed by atoms with Gasteiger partial charge in [0.05, 0.1) is 5.69 Å². The molecule has 0 amide bonds. The minimum Gasteiger partial charge on any atom is -0.382 e. The fourth-order valence-corrected chi connectivity index (χ4v) is 3.45. The number of nitrogen functional groups attached to an aromatic ring is 2. The quantitative estimate of drug-likeness (QED) is 0.894. The van der Waals surface area contributed by atoms with E-state index in [2.05, 4.69) is 50.1 Å². The van der Waals surface area contributed by atoms with E-state index >= 15 is 0 Å². The lowest BCUT2D eigenvalue weighted by atomic mass is 10.1. The van der Waals surface area contributed by atoms with Crippen LogP contribution in [0.2, 0.25) is 0 Å². The van der Waals surface area contributed by atoms with E-state index < -0.39 is 0 Å². The summed E-state index contributed by atoms with van der Waals surface area (Å²) in [5, 5.41) is 0. The molecule has 2 aliphatic rings. The van der Waals surface area contributed by atoms with Crippen molar-refractivity contribution in [1.29, 1.82) is 0 Å². The van der Waals surface area contributed by atoms with Crippen molar-refractivity contribution >= 4 is 23.1 Å². The summed E-state index contributed by atoms with van der Waals surface area (Å²) in [7, 11) is 0. The Hall–Kier alpha value is -2.50. The lowest BCUT2D eigenvalue weighted by molar-refractivity contribution is 0.646. The zero-order valence-corrected chi connectivity index (χ0v) is 13.9. The topological polar surface area (TPSA) is 84.3 Å². The molecule has 1 saturated carbocycles. The van der Waals surface area contributed by atoms with E-state index in [-0.39, 0.29) is 5.95 Å². The molecule has 0 bridgehead atoms. The van der Waals surface area contributed by atoms with Crippen LogP contribution in [0.4, 0.5) is 23.1 Å². The molecule has 1 aromatic carbocycles. The number of hydrogen-bond donors (Lipinski definition) is 2. The molecule has 6 heteroatoms. The van der Waals surface area contributed by atoms with Gasteiger partial charge in [0.15, 0.2) is 5.82 Å². The maximum absolute atomic E-state index is 6.21. The Kier molecular flexibility index (Phi) is 3.88. The third kappa shape index (κ3) is 3.09. The number of aromatic nitrogens is 2. The third-order valence-corrected chi connectivity index (χ3v) is 4.90. The zero-order valence-electron chi connectivity index (χ0n) is 13.9. The fraction of sp³-hybridized carbons (Fsp3) is 0.444. The predicted molar refractivity (Wildman–Crippen MR) is 98.2 cm³/mol. The summed E-state index contributed by atoms with van der Waals surface area (Å²) in [6.45, 7) is 3.78. The van der Waals surface area contributed by atoms with Gasteiger partial charge >= 0.3 is 0 Å². The number of hydrogen-bond acceptors (Lipinski definition) is 6. The Labute approximate surface area is 142 Å². The standard InChI is InChI=1S/C18H24N6/c19-17-16(15(12-13-6-7-13)21-18(20)22-17)24-10-8-23(9-11-24)14-4-2-1-3-5-14/h1-5,13H,6-12H2,(H4,19,20,21,22). The van der Waals surface area contributed by atoms with E-state index in [0.717, 1.165) is 49.9 Å². The highest BCUT2D eigenvalue weighted by atomic mass is 15.3. The first kappa shape index (κ1) is 15.1. The molecular weight excluding hydrogens is 300 g/mol. The van der Waals surface area contributed by atoms with E-state index in [1.54, 1.807) is 0 Å².